The van der Waals surface area contributed by atoms with E-state index in [0.29, 0.717) is 19.8 Å². The Hall–Kier alpha value is -0.490. The standard InChI is InChI=1S/C13H17BrFNO2/c1-9(12-3-2-10(15)6-13(12)14)16-7-11-8-17-4-5-18-11/h2-3,6,9,11,16H,4-5,7-8H2,1H3. The second-order valence-electron chi connectivity index (χ2n) is 4.36. The van der Waals surface area contributed by atoms with Crippen molar-refractivity contribution in [3.05, 3.63) is 34.1 Å². The fourth-order valence-corrected chi connectivity index (χ4v) is 2.62. The molecular weight excluding hydrogens is 301 g/mol. The van der Waals surface area contributed by atoms with Crippen LogP contribution < -0.4 is 5.32 Å². The second kappa shape index (κ2) is 6.61. The highest BCUT2D eigenvalue weighted by molar-refractivity contribution is 9.10. The van der Waals surface area contributed by atoms with Gasteiger partial charge in [-0.1, -0.05) is 22.0 Å². The minimum Gasteiger partial charge on any atom is -0.376 e. The predicted octanol–water partition coefficient (Wildman–Crippen LogP) is 2.65. The zero-order valence-corrected chi connectivity index (χ0v) is 11.9. The maximum atomic E-state index is 13.0. The molecule has 1 saturated heterocycles. The molecule has 1 heterocycles. The summed E-state index contributed by atoms with van der Waals surface area (Å²) in [5, 5.41) is 3.37. The van der Waals surface area contributed by atoms with E-state index < -0.39 is 0 Å². The molecule has 18 heavy (non-hydrogen) atoms. The number of halogens is 2. The first-order valence-electron chi connectivity index (χ1n) is 6.04. The van der Waals surface area contributed by atoms with Crippen molar-refractivity contribution < 1.29 is 13.9 Å². The molecule has 0 aromatic heterocycles. The maximum Gasteiger partial charge on any atom is 0.124 e. The Bertz CT molecular complexity index is 397. The van der Waals surface area contributed by atoms with E-state index in [1.54, 1.807) is 6.07 Å². The quantitative estimate of drug-likeness (QED) is 0.926. The molecule has 0 spiro atoms. The fourth-order valence-electron chi connectivity index (χ4n) is 1.93. The highest BCUT2D eigenvalue weighted by atomic mass is 79.9. The number of hydrogen-bond acceptors (Lipinski definition) is 3. The molecule has 1 aliphatic rings. The molecule has 0 saturated carbocycles. The molecule has 5 heteroatoms. The summed E-state index contributed by atoms with van der Waals surface area (Å²) in [6, 6.07) is 4.87. The Morgan fingerprint density at radius 3 is 3.00 bits per heavy atom. The molecule has 0 amide bonds. The highest BCUT2D eigenvalue weighted by Gasteiger charge is 2.16. The minimum atomic E-state index is -0.234. The van der Waals surface area contributed by atoms with Gasteiger partial charge in [-0.15, -0.1) is 0 Å². The summed E-state index contributed by atoms with van der Waals surface area (Å²) in [6.45, 7) is 4.73. The van der Waals surface area contributed by atoms with E-state index in [1.807, 2.05) is 6.92 Å². The molecule has 2 unspecified atom stereocenters. The number of hydrogen-bond donors (Lipinski definition) is 1. The zero-order chi connectivity index (χ0) is 13.0. The van der Waals surface area contributed by atoms with Gasteiger partial charge in [0.05, 0.1) is 25.9 Å². The Kier molecular flexibility index (Phi) is 5.12. The van der Waals surface area contributed by atoms with Gasteiger partial charge in [-0.25, -0.2) is 4.39 Å². The van der Waals surface area contributed by atoms with E-state index in [2.05, 4.69) is 21.2 Å². The predicted molar refractivity (Wildman–Crippen MR) is 71.1 cm³/mol. The molecule has 1 N–H and O–H groups in total. The molecule has 3 nitrogen and oxygen atoms in total. The summed E-state index contributed by atoms with van der Waals surface area (Å²) in [7, 11) is 0. The van der Waals surface area contributed by atoms with Crippen LogP contribution in [0.4, 0.5) is 4.39 Å². The van der Waals surface area contributed by atoms with E-state index >= 15 is 0 Å². The van der Waals surface area contributed by atoms with Crippen LogP contribution in [0.5, 0.6) is 0 Å². The van der Waals surface area contributed by atoms with Gasteiger partial charge in [0.1, 0.15) is 5.82 Å². The molecule has 0 radical (unpaired) electrons. The van der Waals surface area contributed by atoms with Gasteiger partial charge in [0.15, 0.2) is 0 Å². The number of benzene rings is 1. The third-order valence-electron chi connectivity index (χ3n) is 2.97. The van der Waals surface area contributed by atoms with Crippen LogP contribution in [-0.2, 0) is 9.47 Å². The van der Waals surface area contributed by atoms with E-state index in [-0.39, 0.29) is 18.0 Å². The van der Waals surface area contributed by atoms with E-state index in [1.165, 1.54) is 12.1 Å². The van der Waals surface area contributed by atoms with Crippen LogP contribution in [0.15, 0.2) is 22.7 Å². The number of ether oxygens (including phenoxy) is 2. The van der Waals surface area contributed by atoms with Crippen LogP contribution in [0.3, 0.4) is 0 Å². The van der Waals surface area contributed by atoms with Gasteiger partial charge in [0.25, 0.3) is 0 Å². The summed E-state index contributed by atoms with van der Waals surface area (Å²) >= 11 is 3.38. The van der Waals surface area contributed by atoms with Crippen molar-refractivity contribution in [3.8, 4) is 0 Å². The van der Waals surface area contributed by atoms with Gasteiger partial charge >= 0.3 is 0 Å². The van der Waals surface area contributed by atoms with Gasteiger partial charge < -0.3 is 14.8 Å². The molecule has 1 fully saturated rings. The van der Waals surface area contributed by atoms with Crippen molar-refractivity contribution in [1.82, 2.24) is 5.32 Å². The lowest BCUT2D eigenvalue weighted by molar-refractivity contribution is -0.0869. The van der Waals surface area contributed by atoms with E-state index in [0.717, 1.165) is 16.6 Å². The molecule has 2 rings (SSSR count). The Morgan fingerprint density at radius 1 is 1.50 bits per heavy atom. The molecule has 1 aromatic carbocycles. The highest BCUT2D eigenvalue weighted by Crippen LogP contribution is 2.24. The third-order valence-corrected chi connectivity index (χ3v) is 3.65. The van der Waals surface area contributed by atoms with Crippen molar-refractivity contribution in [2.75, 3.05) is 26.4 Å². The molecule has 0 bridgehead atoms. The Balaban J connectivity index is 1.88. The molecule has 0 aliphatic carbocycles. The van der Waals surface area contributed by atoms with Crippen molar-refractivity contribution in [3.63, 3.8) is 0 Å². The van der Waals surface area contributed by atoms with Gasteiger partial charge in [-0.2, -0.15) is 0 Å². The lowest BCUT2D eigenvalue weighted by atomic mass is 10.1. The van der Waals surface area contributed by atoms with Crippen LogP contribution in [0.25, 0.3) is 0 Å². The summed E-state index contributed by atoms with van der Waals surface area (Å²) in [5.74, 6) is -0.234. The molecular formula is C13H17BrFNO2. The molecule has 100 valence electrons. The van der Waals surface area contributed by atoms with Crippen LogP contribution >= 0.6 is 15.9 Å². The van der Waals surface area contributed by atoms with Gasteiger partial charge in [-0.3, -0.25) is 0 Å². The average Bonchev–Trinajstić information content (AvgIpc) is 2.37. The Morgan fingerprint density at radius 2 is 2.33 bits per heavy atom. The first kappa shape index (κ1) is 13.9. The normalized spacial score (nSPS) is 21.8. The summed E-state index contributed by atoms with van der Waals surface area (Å²) in [5.41, 5.74) is 1.04. The summed E-state index contributed by atoms with van der Waals surface area (Å²) in [4.78, 5) is 0. The fraction of sp³-hybridized carbons (Fsp3) is 0.538. The van der Waals surface area contributed by atoms with Crippen LogP contribution in [0, 0.1) is 5.82 Å². The maximum absolute atomic E-state index is 13.0. The van der Waals surface area contributed by atoms with Gasteiger partial charge in [0, 0.05) is 17.1 Å². The zero-order valence-electron chi connectivity index (χ0n) is 10.3. The summed E-state index contributed by atoms with van der Waals surface area (Å²) < 4.78 is 24.7. The van der Waals surface area contributed by atoms with Gasteiger partial charge in [-0.05, 0) is 24.6 Å². The smallest absolute Gasteiger partial charge is 0.124 e. The van der Waals surface area contributed by atoms with E-state index in [4.69, 9.17) is 9.47 Å². The van der Waals surface area contributed by atoms with Crippen molar-refractivity contribution >= 4 is 15.9 Å². The average molecular weight is 318 g/mol. The van der Waals surface area contributed by atoms with Gasteiger partial charge in [0.2, 0.25) is 0 Å². The summed E-state index contributed by atoms with van der Waals surface area (Å²) in [6.07, 6.45) is 0.0976. The van der Waals surface area contributed by atoms with E-state index in [9.17, 15) is 4.39 Å². The van der Waals surface area contributed by atoms with Crippen LogP contribution in [0.1, 0.15) is 18.5 Å². The second-order valence-corrected chi connectivity index (χ2v) is 5.22. The monoisotopic (exact) mass is 317 g/mol. The molecule has 2 atom stereocenters. The molecule has 1 aromatic rings. The Labute approximate surface area is 115 Å². The third kappa shape index (κ3) is 3.75. The van der Waals surface area contributed by atoms with Crippen molar-refractivity contribution in [2.45, 2.75) is 19.1 Å². The lowest BCUT2D eigenvalue weighted by Crippen LogP contribution is -2.38. The first-order valence-corrected chi connectivity index (χ1v) is 6.84. The SMILES string of the molecule is CC(NCC1COCCO1)c1ccc(F)cc1Br. The topological polar surface area (TPSA) is 30.5 Å². The lowest BCUT2D eigenvalue weighted by Gasteiger charge is -2.25. The largest absolute Gasteiger partial charge is 0.376 e. The first-order chi connectivity index (χ1) is 8.66. The molecule has 1 aliphatic heterocycles. The van der Waals surface area contributed by atoms with Crippen LogP contribution in [-0.4, -0.2) is 32.5 Å². The number of rotatable bonds is 4. The number of nitrogens with one attached hydrogen (secondary N) is 1. The van der Waals surface area contributed by atoms with Crippen molar-refractivity contribution in [1.29, 1.82) is 0 Å². The van der Waals surface area contributed by atoms with Crippen molar-refractivity contribution in [2.24, 2.45) is 0 Å². The van der Waals surface area contributed by atoms with Crippen LogP contribution in [0.2, 0.25) is 0 Å². The minimum absolute atomic E-state index is 0.0976.